The average molecular weight is 298 g/mol. The van der Waals surface area contributed by atoms with Crippen LogP contribution in [0.2, 0.25) is 0 Å². The van der Waals surface area contributed by atoms with Gasteiger partial charge in [0, 0.05) is 13.6 Å². The Hall–Kier alpha value is -1.22. The van der Waals surface area contributed by atoms with Gasteiger partial charge in [-0.1, -0.05) is 39.0 Å². The molecule has 0 saturated heterocycles. The fraction of sp³-hybridized carbons (Fsp3) is 0.562. The van der Waals surface area contributed by atoms with Gasteiger partial charge < -0.3 is 9.64 Å². The van der Waals surface area contributed by atoms with Crippen LogP contribution in [-0.2, 0) is 10.2 Å². The summed E-state index contributed by atoms with van der Waals surface area (Å²) in [7, 11) is 1.76. The number of amides is 1. The second kappa shape index (κ2) is 7.53. The number of carbonyl (C=O) groups excluding carboxylic acids is 1. The number of alkyl halides is 1. The summed E-state index contributed by atoms with van der Waals surface area (Å²) < 4.78 is 5.86. The van der Waals surface area contributed by atoms with Crippen molar-refractivity contribution >= 4 is 17.5 Å². The SMILES string of the molecule is CN(CCCOc1ccccc1C(C)(C)C)C(=O)CCl. The van der Waals surface area contributed by atoms with Gasteiger partial charge in [-0.2, -0.15) is 0 Å². The Morgan fingerprint density at radius 3 is 2.55 bits per heavy atom. The highest BCUT2D eigenvalue weighted by Gasteiger charge is 2.18. The van der Waals surface area contributed by atoms with Crippen molar-refractivity contribution in [3.05, 3.63) is 29.8 Å². The normalized spacial score (nSPS) is 11.2. The molecule has 0 spiro atoms. The molecule has 1 rings (SSSR count). The number of para-hydroxylation sites is 1. The molecule has 0 radical (unpaired) electrons. The van der Waals surface area contributed by atoms with Crippen LogP contribution >= 0.6 is 11.6 Å². The van der Waals surface area contributed by atoms with Gasteiger partial charge in [0.2, 0.25) is 5.91 Å². The van der Waals surface area contributed by atoms with E-state index in [4.69, 9.17) is 16.3 Å². The molecule has 4 heteroatoms. The second-order valence-corrected chi connectivity index (χ2v) is 6.16. The summed E-state index contributed by atoms with van der Waals surface area (Å²) in [5, 5.41) is 0. The lowest BCUT2D eigenvalue weighted by Gasteiger charge is -2.23. The smallest absolute Gasteiger partial charge is 0.237 e. The molecule has 0 aliphatic rings. The van der Waals surface area contributed by atoms with Crippen molar-refractivity contribution < 1.29 is 9.53 Å². The van der Waals surface area contributed by atoms with E-state index < -0.39 is 0 Å². The zero-order valence-corrected chi connectivity index (χ0v) is 13.5. The van der Waals surface area contributed by atoms with Crippen molar-refractivity contribution in [3.8, 4) is 5.75 Å². The Morgan fingerprint density at radius 1 is 1.30 bits per heavy atom. The van der Waals surface area contributed by atoms with E-state index in [0.717, 1.165) is 12.2 Å². The molecule has 20 heavy (non-hydrogen) atoms. The summed E-state index contributed by atoms with van der Waals surface area (Å²) >= 11 is 5.50. The number of rotatable bonds is 6. The van der Waals surface area contributed by atoms with Crippen molar-refractivity contribution in [2.45, 2.75) is 32.6 Å². The monoisotopic (exact) mass is 297 g/mol. The Bertz CT molecular complexity index is 440. The third-order valence-corrected chi connectivity index (χ3v) is 3.36. The molecule has 112 valence electrons. The molecule has 3 nitrogen and oxygen atoms in total. The highest BCUT2D eigenvalue weighted by atomic mass is 35.5. The summed E-state index contributed by atoms with van der Waals surface area (Å²) in [5.41, 5.74) is 1.26. The Morgan fingerprint density at radius 2 is 1.95 bits per heavy atom. The Kier molecular flexibility index (Phi) is 6.34. The van der Waals surface area contributed by atoms with Gasteiger partial charge >= 0.3 is 0 Å². The standard InChI is InChI=1S/C16H24ClNO2/c1-16(2,3)13-8-5-6-9-14(13)20-11-7-10-18(4)15(19)12-17/h5-6,8-9H,7,10-12H2,1-4H3. The number of nitrogens with zero attached hydrogens (tertiary/aromatic N) is 1. The van der Waals surface area contributed by atoms with Crippen molar-refractivity contribution in [2.75, 3.05) is 26.1 Å². The lowest BCUT2D eigenvalue weighted by atomic mass is 9.86. The van der Waals surface area contributed by atoms with E-state index in [0.29, 0.717) is 13.2 Å². The number of halogens is 1. The quantitative estimate of drug-likeness (QED) is 0.594. The zero-order valence-electron chi connectivity index (χ0n) is 12.8. The maximum atomic E-state index is 11.3. The maximum Gasteiger partial charge on any atom is 0.237 e. The number of benzene rings is 1. The van der Waals surface area contributed by atoms with Crippen molar-refractivity contribution in [1.29, 1.82) is 0 Å². The molecule has 0 N–H and O–H groups in total. The van der Waals surface area contributed by atoms with Gasteiger partial charge in [0.25, 0.3) is 0 Å². The third-order valence-electron chi connectivity index (χ3n) is 3.13. The zero-order chi connectivity index (χ0) is 15.2. The fourth-order valence-electron chi connectivity index (χ4n) is 1.92. The molecule has 0 heterocycles. The molecule has 0 unspecified atom stereocenters. The van der Waals surface area contributed by atoms with Crippen LogP contribution in [0.25, 0.3) is 0 Å². The Labute approximate surface area is 126 Å². The largest absolute Gasteiger partial charge is 0.493 e. The van der Waals surface area contributed by atoms with E-state index in [9.17, 15) is 4.79 Å². The molecule has 0 bridgehead atoms. The van der Waals surface area contributed by atoms with Crippen LogP contribution < -0.4 is 4.74 Å². The average Bonchev–Trinajstić information content (AvgIpc) is 2.41. The van der Waals surface area contributed by atoms with Crippen LogP contribution in [-0.4, -0.2) is 36.9 Å². The van der Waals surface area contributed by atoms with Crippen molar-refractivity contribution in [3.63, 3.8) is 0 Å². The number of ether oxygens (including phenoxy) is 1. The minimum Gasteiger partial charge on any atom is -0.493 e. The first-order chi connectivity index (χ1) is 9.36. The first-order valence-electron chi connectivity index (χ1n) is 6.88. The fourth-order valence-corrected chi connectivity index (χ4v) is 2.13. The minimum atomic E-state index is -0.0539. The third kappa shape index (κ3) is 5.04. The molecular weight excluding hydrogens is 274 g/mol. The van der Waals surface area contributed by atoms with Gasteiger partial charge in [0.15, 0.2) is 0 Å². The first-order valence-corrected chi connectivity index (χ1v) is 7.42. The van der Waals surface area contributed by atoms with Crippen LogP contribution in [0.5, 0.6) is 5.75 Å². The molecule has 1 amide bonds. The molecule has 0 saturated carbocycles. The van der Waals surface area contributed by atoms with Crippen LogP contribution in [0.3, 0.4) is 0 Å². The summed E-state index contributed by atoms with van der Waals surface area (Å²) in [6.07, 6.45) is 0.789. The topological polar surface area (TPSA) is 29.5 Å². The molecular formula is C16H24ClNO2. The number of hydrogen-bond acceptors (Lipinski definition) is 2. The van der Waals surface area contributed by atoms with Crippen LogP contribution in [0.1, 0.15) is 32.8 Å². The summed E-state index contributed by atoms with van der Waals surface area (Å²) in [5.74, 6) is 0.901. The van der Waals surface area contributed by atoms with Crippen molar-refractivity contribution in [2.24, 2.45) is 0 Å². The molecule has 1 aromatic carbocycles. The van der Waals surface area contributed by atoms with E-state index in [1.54, 1.807) is 11.9 Å². The van der Waals surface area contributed by atoms with Gasteiger partial charge in [-0.3, -0.25) is 4.79 Å². The van der Waals surface area contributed by atoms with Crippen LogP contribution in [0, 0.1) is 0 Å². The Balaban J connectivity index is 2.49. The summed E-state index contributed by atoms with van der Waals surface area (Å²) in [6.45, 7) is 7.75. The van der Waals surface area contributed by atoms with Gasteiger partial charge in [-0.05, 0) is 23.5 Å². The maximum absolute atomic E-state index is 11.3. The van der Waals surface area contributed by atoms with E-state index in [2.05, 4.69) is 26.8 Å². The summed E-state index contributed by atoms with van der Waals surface area (Å²) in [6, 6.07) is 8.10. The predicted octanol–water partition coefficient (Wildman–Crippen LogP) is 3.45. The van der Waals surface area contributed by atoms with Crippen LogP contribution in [0.15, 0.2) is 24.3 Å². The molecule has 0 aromatic heterocycles. The van der Waals surface area contributed by atoms with Gasteiger partial charge in [-0.25, -0.2) is 0 Å². The second-order valence-electron chi connectivity index (χ2n) is 5.90. The lowest BCUT2D eigenvalue weighted by Crippen LogP contribution is -2.29. The van der Waals surface area contributed by atoms with E-state index in [-0.39, 0.29) is 17.2 Å². The van der Waals surface area contributed by atoms with Gasteiger partial charge in [0.1, 0.15) is 11.6 Å². The first kappa shape index (κ1) is 16.8. The molecule has 0 aliphatic carbocycles. The molecule has 0 atom stereocenters. The van der Waals surface area contributed by atoms with Gasteiger partial charge in [-0.15, -0.1) is 11.6 Å². The lowest BCUT2D eigenvalue weighted by molar-refractivity contribution is -0.127. The van der Waals surface area contributed by atoms with Crippen LogP contribution in [0.4, 0.5) is 0 Å². The number of hydrogen-bond donors (Lipinski definition) is 0. The van der Waals surface area contributed by atoms with Crippen molar-refractivity contribution in [1.82, 2.24) is 4.90 Å². The van der Waals surface area contributed by atoms with E-state index in [1.165, 1.54) is 5.56 Å². The van der Waals surface area contributed by atoms with Gasteiger partial charge in [0.05, 0.1) is 6.61 Å². The summed E-state index contributed by atoms with van der Waals surface area (Å²) in [4.78, 5) is 12.9. The highest BCUT2D eigenvalue weighted by molar-refractivity contribution is 6.27. The molecule has 0 fully saturated rings. The predicted molar refractivity (Wildman–Crippen MR) is 83.6 cm³/mol. The highest BCUT2D eigenvalue weighted by Crippen LogP contribution is 2.30. The van der Waals surface area contributed by atoms with E-state index in [1.807, 2.05) is 18.2 Å². The minimum absolute atomic E-state index is 0.0320. The molecule has 0 aliphatic heterocycles. The van der Waals surface area contributed by atoms with E-state index >= 15 is 0 Å². The molecule has 1 aromatic rings. The number of carbonyl (C=O) groups is 1.